The van der Waals surface area contributed by atoms with E-state index in [1.165, 1.54) is 23.2 Å². The maximum atomic E-state index is 11.3. The van der Waals surface area contributed by atoms with Gasteiger partial charge in [-0.25, -0.2) is 0 Å². The van der Waals surface area contributed by atoms with E-state index in [0.717, 1.165) is 25.9 Å². The summed E-state index contributed by atoms with van der Waals surface area (Å²) in [4.78, 5) is 13.7. The predicted octanol–water partition coefficient (Wildman–Crippen LogP) is 2.59. The van der Waals surface area contributed by atoms with Gasteiger partial charge in [-0.1, -0.05) is 17.7 Å². The van der Waals surface area contributed by atoms with Crippen molar-refractivity contribution in [1.29, 1.82) is 0 Å². The number of likely N-dealkylation sites (N-methyl/N-ethyl adjacent to an activating group) is 1. The molecule has 0 aromatic heterocycles. The molecule has 0 bridgehead atoms. The topological polar surface area (TPSA) is 52.6 Å². The van der Waals surface area contributed by atoms with Crippen LogP contribution in [0.25, 0.3) is 0 Å². The molecule has 0 fully saturated rings. The number of hydrogen-bond donors (Lipinski definition) is 2. The lowest BCUT2D eigenvalue weighted by Gasteiger charge is -2.33. The number of benzene rings is 1. The Labute approximate surface area is 127 Å². The third-order valence-electron chi connectivity index (χ3n) is 4.58. The van der Waals surface area contributed by atoms with Crippen LogP contribution in [0.3, 0.4) is 0 Å². The van der Waals surface area contributed by atoms with Gasteiger partial charge in [0.15, 0.2) is 0 Å². The minimum atomic E-state index is -0.827. The summed E-state index contributed by atoms with van der Waals surface area (Å²) in [6.45, 7) is 5.87. The van der Waals surface area contributed by atoms with Gasteiger partial charge in [-0.15, -0.1) is 0 Å². The third kappa shape index (κ3) is 3.56. The first-order valence-electron chi connectivity index (χ1n) is 7.73. The van der Waals surface area contributed by atoms with Crippen molar-refractivity contribution >= 4 is 11.7 Å². The van der Waals surface area contributed by atoms with Gasteiger partial charge in [0.25, 0.3) is 0 Å². The van der Waals surface area contributed by atoms with E-state index in [1.807, 2.05) is 0 Å². The standard InChI is InChI=1S/C17H26N2O2/c1-13-7-8-15-14(12-13)6-4-10-19(15)11-5-9-17(2,18-3)16(20)21/h7-8,12,18H,4-6,9-11H2,1-3H3,(H,20,21). The third-order valence-corrected chi connectivity index (χ3v) is 4.58. The molecule has 0 saturated carbocycles. The summed E-state index contributed by atoms with van der Waals surface area (Å²) in [6.07, 6.45) is 3.84. The van der Waals surface area contributed by atoms with E-state index in [0.29, 0.717) is 6.42 Å². The van der Waals surface area contributed by atoms with Crippen LogP contribution >= 0.6 is 0 Å². The van der Waals surface area contributed by atoms with Crippen LogP contribution in [0.4, 0.5) is 5.69 Å². The molecule has 1 aliphatic heterocycles. The summed E-state index contributed by atoms with van der Waals surface area (Å²) in [7, 11) is 1.72. The SMILES string of the molecule is CNC(C)(CCCN1CCCc2cc(C)ccc21)C(=O)O. The highest BCUT2D eigenvalue weighted by Crippen LogP contribution is 2.28. The Morgan fingerprint density at radius 1 is 1.48 bits per heavy atom. The Hall–Kier alpha value is -1.55. The number of hydrogen-bond acceptors (Lipinski definition) is 3. The number of anilines is 1. The number of rotatable bonds is 6. The Morgan fingerprint density at radius 3 is 2.90 bits per heavy atom. The maximum Gasteiger partial charge on any atom is 0.323 e. The molecule has 2 rings (SSSR count). The van der Waals surface area contributed by atoms with E-state index >= 15 is 0 Å². The molecular weight excluding hydrogens is 264 g/mol. The van der Waals surface area contributed by atoms with Crippen LogP contribution in [-0.2, 0) is 11.2 Å². The fraction of sp³-hybridized carbons (Fsp3) is 0.588. The van der Waals surface area contributed by atoms with E-state index < -0.39 is 11.5 Å². The van der Waals surface area contributed by atoms with Crippen LogP contribution in [0.5, 0.6) is 0 Å². The lowest BCUT2D eigenvalue weighted by atomic mass is 9.95. The van der Waals surface area contributed by atoms with Crippen molar-refractivity contribution in [2.45, 2.75) is 45.1 Å². The Bertz CT molecular complexity index is 516. The number of nitrogens with zero attached hydrogens (tertiary/aromatic N) is 1. The smallest absolute Gasteiger partial charge is 0.323 e. The lowest BCUT2D eigenvalue weighted by molar-refractivity contribution is -0.144. The molecule has 116 valence electrons. The second-order valence-electron chi connectivity index (χ2n) is 6.21. The molecule has 1 heterocycles. The Balaban J connectivity index is 1.98. The molecule has 1 unspecified atom stereocenters. The molecular formula is C17H26N2O2. The minimum absolute atomic E-state index is 0.635. The van der Waals surface area contributed by atoms with Gasteiger partial charge in [0.1, 0.15) is 5.54 Å². The van der Waals surface area contributed by atoms with Gasteiger partial charge in [0.05, 0.1) is 0 Å². The van der Waals surface area contributed by atoms with Crippen molar-refractivity contribution in [3.63, 3.8) is 0 Å². The number of carboxylic acids is 1. The first-order chi connectivity index (χ1) is 9.96. The molecule has 0 saturated heterocycles. The zero-order chi connectivity index (χ0) is 15.5. The van der Waals surface area contributed by atoms with Crippen LogP contribution in [-0.4, -0.2) is 36.8 Å². The Kier molecular flexibility index (Phi) is 4.88. The highest BCUT2D eigenvalue weighted by molar-refractivity contribution is 5.78. The summed E-state index contributed by atoms with van der Waals surface area (Å²) in [6, 6.07) is 6.64. The number of carbonyl (C=O) groups is 1. The molecule has 1 aromatic rings. The molecule has 1 aromatic carbocycles. The number of carboxylic acid groups (broad SMARTS) is 1. The molecule has 4 heteroatoms. The number of aliphatic carboxylic acids is 1. The molecule has 0 aliphatic carbocycles. The van der Waals surface area contributed by atoms with Gasteiger partial charge < -0.3 is 15.3 Å². The molecule has 1 aliphatic rings. The second-order valence-corrected chi connectivity index (χ2v) is 6.21. The summed E-state index contributed by atoms with van der Waals surface area (Å²) < 4.78 is 0. The summed E-state index contributed by atoms with van der Waals surface area (Å²) in [5.41, 5.74) is 3.24. The van der Waals surface area contributed by atoms with Crippen molar-refractivity contribution in [3.8, 4) is 0 Å². The fourth-order valence-corrected chi connectivity index (χ4v) is 3.00. The molecule has 2 N–H and O–H groups in total. The van der Waals surface area contributed by atoms with Crippen LogP contribution < -0.4 is 10.2 Å². The van der Waals surface area contributed by atoms with E-state index in [9.17, 15) is 9.90 Å². The quantitative estimate of drug-likeness (QED) is 0.845. The number of nitrogens with one attached hydrogen (secondary N) is 1. The highest BCUT2D eigenvalue weighted by atomic mass is 16.4. The van der Waals surface area contributed by atoms with E-state index in [4.69, 9.17) is 0 Å². The van der Waals surface area contributed by atoms with Gasteiger partial charge >= 0.3 is 5.97 Å². The first-order valence-corrected chi connectivity index (χ1v) is 7.73. The molecule has 0 spiro atoms. The van der Waals surface area contributed by atoms with E-state index in [2.05, 4.69) is 35.3 Å². The average Bonchev–Trinajstić information content (AvgIpc) is 2.46. The minimum Gasteiger partial charge on any atom is -0.480 e. The van der Waals surface area contributed by atoms with Crippen LogP contribution in [0, 0.1) is 6.92 Å². The molecule has 1 atom stereocenters. The van der Waals surface area contributed by atoms with Crippen molar-refractivity contribution in [2.75, 3.05) is 25.0 Å². The van der Waals surface area contributed by atoms with Crippen LogP contribution in [0.1, 0.15) is 37.3 Å². The molecule has 4 nitrogen and oxygen atoms in total. The Morgan fingerprint density at radius 2 is 2.24 bits per heavy atom. The monoisotopic (exact) mass is 290 g/mol. The largest absolute Gasteiger partial charge is 0.480 e. The normalized spacial score (nSPS) is 17.2. The fourth-order valence-electron chi connectivity index (χ4n) is 3.00. The summed E-state index contributed by atoms with van der Waals surface area (Å²) >= 11 is 0. The van der Waals surface area contributed by atoms with Gasteiger partial charge in [-0.05, 0) is 58.2 Å². The molecule has 0 radical (unpaired) electrons. The van der Waals surface area contributed by atoms with Gasteiger partial charge in [0.2, 0.25) is 0 Å². The average molecular weight is 290 g/mol. The van der Waals surface area contributed by atoms with Gasteiger partial charge in [-0.2, -0.15) is 0 Å². The number of fused-ring (bicyclic) bond motifs is 1. The van der Waals surface area contributed by atoms with Crippen LogP contribution in [0.2, 0.25) is 0 Å². The second kappa shape index (κ2) is 6.48. The molecule has 21 heavy (non-hydrogen) atoms. The van der Waals surface area contributed by atoms with Gasteiger partial charge in [0, 0.05) is 18.8 Å². The van der Waals surface area contributed by atoms with E-state index in [-0.39, 0.29) is 0 Å². The first kappa shape index (κ1) is 15.8. The maximum absolute atomic E-state index is 11.3. The van der Waals surface area contributed by atoms with Crippen molar-refractivity contribution in [3.05, 3.63) is 29.3 Å². The van der Waals surface area contributed by atoms with Crippen LogP contribution in [0.15, 0.2) is 18.2 Å². The van der Waals surface area contributed by atoms with Gasteiger partial charge in [-0.3, -0.25) is 4.79 Å². The zero-order valence-electron chi connectivity index (χ0n) is 13.3. The van der Waals surface area contributed by atoms with Crippen molar-refractivity contribution in [2.24, 2.45) is 0 Å². The van der Waals surface area contributed by atoms with Crippen molar-refractivity contribution < 1.29 is 9.90 Å². The molecule has 0 amide bonds. The number of aryl methyl sites for hydroxylation is 2. The highest BCUT2D eigenvalue weighted by Gasteiger charge is 2.30. The zero-order valence-corrected chi connectivity index (χ0v) is 13.3. The predicted molar refractivity (Wildman–Crippen MR) is 86.0 cm³/mol. The summed E-state index contributed by atoms with van der Waals surface area (Å²) in [5, 5.41) is 12.2. The van der Waals surface area contributed by atoms with Crippen molar-refractivity contribution in [1.82, 2.24) is 5.32 Å². The lowest BCUT2D eigenvalue weighted by Crippen LogP contribution is -2.48. The van der Waals surface area contributed by atoms with E-state index in [1.54, 1.807) is 14.0 Å². The summed E-state index contributed by atoms with van der Waals surface area (Å²) in [5.74, 6) is -0.778.